The van der Waals surface area contributed by atoms with Crippen molar-refractivity contribution in [3.63, 3.8) is 0 Å². The van der Waals surface area contributed by atoms with Gasteiger partial charge in [0.25, 0.3) is 0 Å². The summed E-state index contributed by atoms with van der Waals surface area (Å²) in [5.41, 5.74) is 0.0331. The summed E-state index contributed by atoms with van der Waals surface area (Å²) < 4.78 is 5.29. The molecule has 2 atom stereocenters. The van der Waals surface area contributed by atoms with E-state index in [9.17, 15) is 5.11 Å². The molecular weight excluding hydrogens is 266 g/mol. The molecule has 0 bridgehead atoms. The lowest BCUT2D eigenvalue weighted by molar-refractivity contribution is 0.0347. The molecule has 1 aromatic rings. The molecule has 1 aromatic heterocycles. The molecule has 0 saturated heterocycles. The Bertz CT molecular complexity index is 495. The standard InChI is InChI=1S/C16H27N3O2/c1-11-6-15(2,3)9-16(7-11,10-20)17-8-13-18-14(21-19-13)12-4-5-12/h11-12,17,20H,4-10H2,1-3H3. The van der Waals surface area contributed by atoms with Crippen LogP contribution in [0.5, 0.6) is 0 Å². The first-order valence-electron chi connectivity index (χ1n) is 8.10. The number of hydrogen-bond acceptors (Lipinski definition) is 5. The van der Waals surface area contributed by atoms with Crippen LogP contribution in [0.4, 0.5) is 0 Å². The van der Waals surface area contributed by atoms with E-state index in [-0.39, 0.29) is 17.6 Å². The SMILES string of the molecule is CC1CC(C)(C)CC(CO)(NCc2noc(C3CC3)n2)C1. The second-order valence-electron chi connectivity index (χ2n) is 7.97. The number of aromatic nitrogens is 2. The van der Waals surface area contributed by atoms with Crippen molar-refractivity contribution in [2.75, 3.05) is 6.61 Å². The number of aliphatic hydroxyl groups is 1. The third-order valence-corrected chi connectivity index (χ3v) is 4.79. The van der Waals surface area contributed by atoms with Crippen molar-refractivity contribution in [2.45, 2.75) is 70.9 Å². The normalized spacial score (nSPS) is 32.3. The molecule has 3 rings (SSSR count). The van der Waals surface area contributed by atoms with Crippen LogP contribution < -0.4 is 5.32 Å². The van der Waals surface area contributed by atoms with Crippen LogP contribution in [0.3, 0.4) is 0 Å². The second kappa shape index (κ2) is 5.36. The van der Waals surface area contributed by atoms with Gasteiger partial charge in [-0.05, 0) is 43.4 Å². The van der Waals surface area contributed by atoms with Crippen LogP contribution in [-0.2, 0) is 6.54 Å². The minimum absolute atomic E-state index is 0.161. The van der Waals surface area contributed by atoms with Crippen LogP contribution in [0.15, 0.2) is 4.52 Å². The summed E-state index contributed by atoms with van der Waals surface area (Å²) in [6.45, 7) is 7.57. The highest BCUT2D eigenvalue weighted by molar-refractivity contribution is 5.03. The Morgan fingerprint density at radius 3 is 2.71 bits per heavy atom. The van der Waals surface area contributed by atoms with Gasteiger partial charge >= 0.3 is 0 Å². The number of nitrogens with zero attached hydrogens (tertiary/aromatic N) is 2. The molecule has 118 valence electrons. The van der Waals surface area contributed by atoms with Crippen LogP contribution >= 0.6 is 0 Å². The zero-order valence-electron chi connectivity index (χ0n) is 13.4. The first-order valence-corrected chi connectivity index (χ1v) is 8.10. The predicted octanol–water partition coefficient (Wildman–Crippen LogP) is 2.61. The topological polar surface area (TPSA) is 71.2 Å². The molecule has 1 heterocycles. The number of aliphatic hydroxyl groups excluding tert-OH is 1. The molecule has 2 fully saturated rings. The minimum Gasteiger partial charge on any atom is -0.394 e. The smallest absolute Gasteiger partial charge is 0.229 e. The monoisotopic (exact) mass is 293 g/mol. The van der Waals surface area contributed by atoms with Crippen molar-refractivity contribution in [1.29, 1.82) is 0 Å². The average molecular weight is 293 g/mol. The van der Waals surface area contributed by atoms with E-state index >= 15 is 0 Å². The molecule has 0 aliphatic heterocycles. The zero-order chi connectivity index (χ0) is 15.1. The highest BCUT2D eigenvalue weighted by Crippen LogP contribution is 2.44. The molecule has 2 saturated carbocycles. The second-order valence-corrected chi connectivity index (χ2v) is 7.97. The van der Waals surface area contributed by atoms with Crippen LogP contribution in [0.25, 0.3) is 0 Å². The molecule has 21 heavy (non-hydrogen) atoms. The number of rotatable bonds is 5. The van der Waals surface area contributed by atoms with Gasteiger partial charge in [-0.2, -0.15) is 4.98 Å². The maximum absolute atomic E-state index is 9.95. The van der Waals surface area contributed by atoms with Gasteiger partial charge < -0.3 is 14.9 Å². The van der Waals surface area contributed by atoms with E-state index in [4.69, 9.17) is 4.52 Å². The molecule has 2 aliphatic rings. The Labute approximate surface area is 126 Å². The highest BCUT2D eigenvalue weighted by atomic mass is 16.5. The average Bonchev–Trinajstić information content (AvgIpc) is 3.13. The molecule has 0 amide bonds. The third kappa shape index (κ3) is 3.46. The van der Waals surface area contributed by atoms with Gasteiger partial charge in [-0.1, -0.05) is 25.9 Å². The van der Waals surface area contributed by atoms with E-state index in [2.05, 4.69) is 36.2 Å². The lowest BCUT2D eigenvalue weighted by Gasteiger charge is -2.47. The number of hydrogen-bond donors (Lipinski definition) is 2. The van der Waals surface area contributed by atoms with E-state index in [0.29, 0.717) is 24.2 Å². The molecule has 5 nitrogen and oxygen atoms in total. The molecule has 0 radical (unpaired) electrons. The largest absolute Gasteiger partial charge is 0.394 e. The quantitative estimate of drug-likeness (QED) is 0.873. The molecule has 5 heteroatoms. The van der Waals surface area contributed by atoms with Gasteiger partial charge in [0.2, 0.25) is 5.89 Å². The van der Waals surface area contributed by atoms with Crippen LogP contribution in [-0.4, -0.2) is 27.4 Å². The van der Waals surface area contributed by atoms with E-state index in [1.165, 1.54) is 19.3 Å². The number of nitrogens with one attached hydrogen (secondary N) is 1. The first-order chi connectivity index (χ1) is 9.91. The summed E-state index contributed by atoms with van der Waals surface area (Å²) in [6.07, 6.45) is 5.53. The molecule has 2 unspecified atom stereocenters. The highest BCUT2D eigenvalue weighted by Gasteiger charge is 2.42. The van der Waals surface area contributed by atoms with Crippen molar-refractivity contribution < 1.29 is 9.63 Å². The van der Waals surface area contributed by atoms with Gasteiger partial charge in [0.15, 0.2) is 5.82 Å². The fourth-order valence-corrected chi connectivity index (χ4v) is 4.16. The Kier molecular flexibility index (Phi) is 3.82. The van der Waals surface area contributed by atoms with Crippen molar-refractivity contribution >= 4 is 0 Å². The van der Waals surface area contributed by atoms with Gasteiger partial charge in [0, 0.05) is 11.5 Å². The zero-order valence-corrected chi connectivity index (χ0v) is 13.4. The van der Waals surface area contributed by atoms with Gasteiger partial charge in [-0.15, -0.1) is 0 Å². The van der Waals surface area contributed by atoms with Crippen molar-refractivity contribution in [2.24, 2.45) is 11.3 Å². The van der Waals surface area contributed by atoms with Gasteiger partial charge in [-0.25, -0.2) is 0 Å². The Hall–Kier alpha value is -0.940. The predicted molar refractivity (Wildman–Crippen MR) is 79.7 cm³/mol. The maximum Gasteiger partial charge on any atom is 0.229 e. The van der Waals surface area contributed by atoms with E-state index in [1.807, 2.05) is 0 Å². The van der Waals surface area contributed by atoms with Crippen molar-refractivity contribution in [3.05, 3.63) is 11.7 Å². The summed E-state index contributed by atoms with van der Waals surface area (Å²) in [5.74, 6) is 2.59. The van der Waals surface area contributed by atoms with E-state index in [1.54, 1.807) is 0 Å². The van der Waals surface area contributed by atoms with E-state index < -0.39 is 0 Å². The maximum atomic E-state index is 9.95. The summed E-state index contributed by atoms with van der Waals surface area (Å²) in [5, 5.41) is 17.5. The molecule has 0 aromatic carbocycles. The Morgan fingerprint density at radius 2 is 2.10 bits per heavy atom. The molecular formula is C16H27N3O2. The van der Waals surface area contributed by atoms with Gasteiger partial charge in [0.1, 0.15) is 0 Å². The molecule has 2 N–H and O–H groups in total. The Morgan fingerprint density at radius 1 is 1.33 bits per heavy atom. The van der Waals surface area contributed by atoms with E-state index in [0.717, 1.165) is 18.7 Å². The first kappa shape index (κ1) is 15.0. The van der Waals surface area contributed by atoms with Crippen LogP contribution in [0.1, 0.15) is 70.5 Å². The lowest BCUT2D eigenvalue weighted by atomic mass is 9.64. The van der Waals surface area contributed by atoms with Crippen molar-refractivity contribution in [3.8, 4) is 0 Å². The molecule has 2 aliphatic carbocycles. The van der Waals surface area contributed by atoms with Gasteiger partial charge in [0.05, 0.1) is 13.2 Å². The minimum atomic E-state index is -0.221. The summed E-state index contributed by atoms with van der Waals surface area (Å²) in [7, 11) is 0. The summed E-state index contributed by atoms with van der Waals surface area (Å²) in [4.78, 5) is 4.46. The third-order valence-electron chi connectivity index (χ3n) is 4.79. The van der Waals surface area contributed by atoms with Crippen molar-refractivity contribution in [1.82, 2.24) is 15.5 Å². The summed E-state index contributed by atoms with van der Waals surface area (Å²) in [6, 6.07) is 0. The van der Waals surface area contributed by atoms with Crippen LogP contribution in [0.2, 0.25) is 0 Å². The lowest BCUT2D eigenvalue weighted by Crippen LogP contribution is -2.55. The summed E-state index contributed by atoms with van der Waals surface area (Å²) >= 11 is 0. The Balaban J connectivity index is 1.65. The fraction of sp³-hybridized carbons (Fsp3) is 0.875. The fourth-order valence-electron chi connectivity index (χ4n) is 4.16. The molecule has 0 spiro atoms. The van der Waals surface area contributed by atoms with Crippen LogP contribution in [0, 0.1) is 11.3 Å². The van der Waals surface area contributed by atoms with Gasteiger partial charge in [-0.3, -0.25) is 0 Å².